The molecule has 0 radical (unpaired) electrons. The van der Waals surface area contributed by atoms with Crippen molar-refractivity contribution in [1.29, 1.82) is 0 Å². The van der Waals surface area contributed by atoms with E-state index in [9.17, 15) is 38.0 Å². The highest BCUT2D eigenvalue weighted by Gasteiger charge is 2.44. The summed E-state index contributed by atoms with van der Waals surface area (Å²) in [5.41, 5.74) is -0.214. The number of aliphatic hydroxyl groups is 4. The van der Waals surface area contributed by atoms with Gasteiger partial charge in [-0.3, -0.25) is 0 Å². The summed E-state index contributed by atoms with van der Waals surface area (Å²) in [5, 5.41) is 41.2. The van der Waals surface area contributed by atoms with E-state index in [0.29, 0.717) is 5.56 Å². The first kappa shape index (κ1) is 26.1. The second-order valence-corrected chi connectivity index (χ2v) is 7.73. The smallest absolute Gasteiger partial charge is 0.416 e. The molecule has 34 heavy (non-hydrogen) atoms. The molecule has 0 aromatic heterocycles. The number of anilines is 1. The third-order valence-electron chi connectivity index (χ3n) is 4.92. The molecule has 5 N–H and O–H groups in total. The van der Waals surface area contributed by atoms with Crippen LogP contribution in [0.2, 0.25) is 0 Å². The van der Waals surface area contributed by atoms with Gasteiger partial charge >= 0.3 is 6.18 Å². The lowest BCUT2D eigenvalue weighted by atomic mass is 9.99. The van der Waals surface area contributed by atoms with E-state index in [1.807, 2.05) is 0 Å². The lowest BCUT2D eigenvalue weighted by molar-refractivity contribution is -0.277. The summed E-state index contributed by atoms with van der Waals surface area (Å²) < 4.78 is 68.0. The number of hydrogen-bond acceptors (Lipinski definition) is 8. The maximum absolute atomic E-state index is 14.5. The van der Waals surface area contributed by atoms with Crippen LogP contribution in [0.4, 0.5) is 23.2 Å². The van der Waals surface area contributed by atoms with Crippen LogP contribution in [0.3, 0.4) is 0 Å². The highest BCUT2D eigenvalue weighted by Crippen LogP contribution is 2.30. The quantitative estimate of drug-likeness (QED) is 0.295. The average molecular weight is 507 g/mol. The molecular formula is C21H21F4NO7S. The van der Waals surface area contributed by atoms with Crippen LogP contribution in [0.1, 0.15) is 11.1 Å². The molecule has 3 rings (SSSR count). The van der Waals surface area contributed by atoms with Gasteiger partial charge in [-0.2, -0.15) is 13.2 Å². The Balaban J connectivity index is 1.55. The van der Waals surface area contributed by atoms with E-state index in [0.717, 1.165) is 18.2 Å². The fraction of sp³-hybridized carbons (Fsp3) is 0.381. The number of halogens is 4. The van der Waals surface area contributed by atoms with Gasteiger partial charge in [-0.05, 0) is 54.2 Å². The number of benzene rings is 2. The number of thiocarbonyl (C=S) groups is 1. The fourth-order valence-electron chi connectivity index (χ4n) is 3.06. The Morgan fingerprint density at radius 1 is 1.03 bits per heavy atom. The molecule has 13 heteroatoms. The summed E-state index contributed by atoms with van der Waals surface area (Å²) in [6.45, 7) is -0.840. The second-order valence-electron chi connectivity index (χ2n) is 7.36. The average Bonchev–Trinajstić information content (AvgIpc) is 2.79. The molecule has 0 aliphatic carbocycles. The summed E-state index contributed by atoms with van der Waals surface area (Å²) in [4.78, 5) is 0. The van der Waals surface area contributed by atoms with Crippen LogP contribution >= 0.6 is 12.2 Å². The molecule has 0 spiro atoms. The normalized spacial score (nSPS) is 25.0. The van der Waals surface area contributed by atoms with Gasteiger partial charge in [0.2, 0.25) is 6.29 Å². The van der Waals surface area contributed by atoms with Gasteiger partial charge in [-0.25, -0.2) is 4.39 Å². The third-order valence-corrected chi connectivity index (χ3v) is 5.14. The Morgan fingerprint density at radius 3 is 2.29 bits per heavy atom. The maximum Gasteiger partial charge on any atom is 0.416 e. The Morgan fingerprint density at radius 2 is 1.71 bits per heavy atom. The van der Waals surface area contributed by atoms with Crippen molar-refractivity contribution in [3.63, 3.8) is 0 Å². The first-order valence-corrected chi connectivity index (χ1v) is 10.3. The summed E-state index contributed by atoms with van der Waals surface area (Å²) in [6.07, 6.45) is -12.2. The minimum absolute atomic E-state index is 0.151. The largest absolute Gasteiger partial charge is 0.466 e. The van der Waals surface area contributed by atoms with Gasteiger partial charge in [0.25, 0.3) is 5.17 Å². The lowest BCUT2D eigenvalue weighted by Crippen LogP contribution is -2.60. The van der Waals surface area contributed by atoms with E-state index in [2.05, 4.69) is 5.32 Å². The molecule has 8 nitrogen and oxygen atoms in total. The molecule has 0 saturated carbocycles. The Hall–Kier alpha value is -2.55. The van der Waals surface area contributed by atoms with Gasteiger partial charge in [0.1, 0.15) is 31.0 Å². The Bertz CT molecular complexity index is 990. The summed E-state index contributed by atoms with van der Waals surface area (Å²) >= 11 is 4.98. The number of rotatable bonds is 6. The van der Waals surface area contributed by atoms with Crippen molar-refractivity contribution in [2.75, 3.05) is 11.9 Å². The van der Waals surface area contributed by atoms with Crippen molar-refractivity contribution in [2.24, 2.45) is 0 Å². The van der Waals surface area contributed by atoms with Crippen LogP contribution < -0.4 is 10.1 Å². The van der Waals surface area contributed by atoms with Crippen LogP contribution in [-0.4, -0.2) is 62.9 Å². The Kier molecular flexibility index (Phi) is 8.28. The molecule has 186 valence electrons. The van der Waals surface area contributed by atoms with Gasteiger partial charge in [-0.15, -0.1) is 0 Å². The number of nitrogens with one attached hydrogen (secondary N) is 1. The SMILES string of the molecule is OC[C@H]1O[C@@H](Oc2ccc(COC(=S)Nc3ccc(C(F)(F)F)cc3)cc2F)[C@H](O)[C@@H](O)[C@H]1O. The predicted octanol–water partition coefficient (Wildman–Crippen LogP) is 1.94. The van der Waals surface area contributed by atoms with Gasteiger partial charge in [0.05, 0.1) is 12.2 Å². The van der Waals surface area contributed by atoms with Crippen LogP contribution in [0.25, 0.3) is 0 Å². The molecule has 2 aromatic carbocycles. The van der Waals surface area contributed by atoms with Crippen molar-refractivity contribution in [3.8, 4) is 5.75 Å². The van der Waals surface area contributed by atoms with Gasteiger partial charge in [0, 0.05) is 5.69 Å². The van der Waals surface area contributed by atoms with Gasteiger partial charge < -0.3 is 40.0 Å². The van der Waals surface area contributed by atoms with E-state index >= 15 is 0 Å². The number of ether oxygens (including phenoxy) is 3. The minimum Gasteiger partial charge on any atom is -0.466 e. The van der Waals surface area contributed by atoms with Crippen molar-refractivity contribution in [1.82, 2.24) is 0 Å². The molecule has 0 unspecified atom stereocenters. The molecule has 0 bridgehead atoms. The third kappa shape index (κ3) is 6.31. The fourth-order valence-corrected chi connectivity index (χ4v) is 3.24. The van der Waals surface area contributed by atoms with Crippen molar-refractivity contribution in [2.45, 2.75) is 43.5 Å². The summed E-state index contributed by atoms with van der Waals surface area (Å²) in [6, 6.07) is 7.82. The molecular weight excluding hydrogens is 486 g/mol. The monoisotopic (exact) mass is 507 g/mol. The molecule has 1 fully saturated rings. The van der Waals surface area contributed by atoms with E-state index in [1.54, 1.807) is 0 Å². The molecule has 1 aliphatic heterocycles. The zero-order valence-electron chi connectivity index (χ0n) is 17.3. The predicted molar refractivity (Wildman–Crippen MR) is 113 cm³/mol. The van der Waals surface area contributed by atoms with E-state index in [1.165, 1.54) is 24.3 Å². The topological polar surface area (TPSA) is 121 Å². The zero-order chi connectivity index (χ0) is 25.0. The lowest BCUT2D eigenvalue weighted by Gasteiger charge is -2.39. The van der Waals surface area contributed by atoms with E-state index < -0.39 is 54.9 Å². The van der Waals surface area contributed by atoms with Gasteiger partial charge in [-0.1, -0.05) is 6.07 Å². The number of hydrogen-bond donors (Lipinski definition) is 5. The number of alkyl halides is 3. The highest BCUT2D eigenvalue weighted by molar-refractivity contribution is 7.80. The van der Waals surface area contributed by atoms with Crippen LogP contribution in [0.15, 0.2) is 42.5 Å². The zero-order valence-corrected chi connectivity index (χ0v) is 18.1. The number of aliphatic hydroxyl groups excluding tert-OH is 4. The van der Waals surface area contributed by atoms with Crippen LogP contribution in [-0.2, 0) is 22.3 Å². The van der Waals surface area contributed by atoms with E-state index in [-0.39, 0.29) is 23.2 Å². The van der Waals surface area contributed by atoms with Gasteiger partial charge in [0.15, 0.2) is 11.6 Å². The minimum atomic E-state index is -4.46. The van der Waals surface area contributed by atoms with Crippen LogP contribution in [0, 0.1) is 5.82 Å². The summed E-state index contributed by atoms with van der Waals surface area (Å²) in [5.74, 6) is -1.20. The Labute approximate surface area is 196 Å². The molecule has 1 aliphatic rings. The molecule has 5 atom stereocenters. The summed E-state index contributed by atoms with van der Waals surface area (Å²) in [7, 11) is 0. The molecule has 1 saturated heterocycles. The molecule has 2 aromatic rings. The highest BCUT2D eigenvalue weighted by atomic mass is 32.1. The van der Waals surface area contributed by atoms with Crippen molar-refractivity contribution in [3.05, 3.63) is 59.4 Å². The molecule has 1 heterocycles. The first-order chi connectivity index (χ1) is 16.0. The molecule has 0 amide bonds. The van der Waals surface area contributed by atoms with E-state index in [4.69, 9.17) is 26.4 Å². The van der Waals surface area contributed by atoms with Crippen LogP contribution in [0.5, 0.6) is 5.75 Å². The second kappa shape index (κ2) is 10.8. The maximum atomic E-state index is 14.5. The standard InChI is InChI=1S/C21H21F4NO7S/c22-13-7-10(9-31-20(34)26-12-4-2-11(3-5-12)21(23,24)25)1-6-14(13)32-19-18(30)17(29)16(28)15(8-27)33-19/h1-7,15-19,27-30H,8-9H2,(H,26,34)/t15-,16+,17+,18-,19-/m1/s1. The van der Waals surface area contributed by atoms with Crippen molar-refractivity contribution < 1.29 is 52.2 Å². The van der Waals surface area contributed by atoms with Crippen molar-refractivity contribution >= 4 is 23.1 Å². The first-order valence-electron chi connectivity index (χ1n) is 9.86.